The van der Waals surface area contributed by atoms with Gasteiger partial charge in [0.25, 0.3) is 0 Å². The lowest BCUT2D eigenvalue weighted by molar-refractivity contribution is -0.206. The van der Waals surface area contributed by atoms with Crippen LogP contribution in [0.5, 0.6) is 0 Å². The lowest BCUT2D eigenvalue weighted by atomic mass is 9.44. The third-order valence-corrected chi connectivity index (χ3v) is 9.87. The van der Waals surface area contributed by atoms with Crippen molar-refractivity contribution in [3.8, 4) is 0 Å². The van der Waals surface area contributed by atoms with Crippen LogP contribution < -0.4 is 5.43 Å². The van der Waals surface area contributed by atoms with Gasteiger partial charge in [-0.1, -0.05) is 13.0 Å². The van der Waals surface area contributed by atoms with Crippen LogP contribution in [-0.4, -0.2) is 58.9 Å². The lowest BCUT2D eigenvalue weighted by Gasteiger charge is -2.63. The van der Waals surface area contributed by atoms with E-state index in [0.717, 1.165) is 6.08 Å². The molecule has 5 aliphatic rings. The van der Waals surface area contributed by atoms with Gasteiger partial charge >= 0.3 is 5.97 Å². The van der Waals surface area contributed by atoms with Crippen LogP contribution in [0.1, 0.15) is 53.9 Å². The number of fused-ring (bicyclic) bond motifs is 7. The highest BCUT2D eigenvalue weighted by Crippen LogP contribution is 2.71. The zero-order valence-corrected chi connectivity index (χ0v) is 21.3. The quantitative estimate of drug-likeness (QED) is 0.573. The number of hydrogen-bond donors (Lipinski definition) is 2. The van der Waals surface area contributed by atoms with Gasteiger partial charge < -0.3 is 9.84 Å². The zero-order chi connectivity index (χ0) is 26.5. The molecule has 0 saturated heterocycles. The minimum Gasteiger partial charge on any atom is -0.457 e. The molecule has 1 heterocycles. The minimum absolute atomic E-state index is 0.0640. The van der Waals surface area contributed by atoms with E-state index < -0.39 is 81.6 Å². The first-order valence-electron chi connectivity index (χ1n) is 12.6. The molecule has 0 unspecified atom stereocenters. The molecule has 3 saturated carbocycles. The number of Topliss-reactive ketones (excluding diaryl/α,β-unsaturated/α-hetero) is 1. The van der Waals surface area contributed by atoms with Gasteiger partial charge in [-0.25, -0.2) is 8.78 Å². The van der Waals surface area contributed by atoms with Gasteiger partial charge in [-0.05, 0) is 70.6 Å². The molecule has 3 fully saturated rings. The van der Waals surface area contributed by atoms with Gasteiger partial charge in [0.1, 0.15) is 11.7 Å². The van der Waals surface area contributed by atoms with E-state index in [1.54, 1.807) is 33.9 Å². The van der Waals surface area contributed by atoms with Crippen LogP contribution in [0.4, 0.5) is 8.78 Å². The smallest absolute Gasteiger partial charge is 0.311 e. The van der Waals surface area contributed by atoms with E-state index in [-0.39, 0.29) is 18.4 Å². The van der Waals surface area contributed by atoms with E-state index in [4.69, 9.17) is 4.74 Å². The number of esters is 1. The van der Waals surface area contributed by atoms with Gasteiger partial charge in [0.15, 0.2) is 23.8 Å². The molecule has 36 heavy (non-hydrogen) atoms. The largest absolute Gasteiger partial charge is 0.457 e. The number of carbonyl (C=O) groups is 3. The Hall–Kier alpha value is -2.42. The summed E-state index contributed by atoms with van der Waals surface area (Å²) in [6.07, 6.45) is 2.47. The van der Waals surface area contributed by atoms with Crippen LogP contribution in [0, 0.1) is 34.0 Å². The van der Waals surface area contributed by atoms with E-state index >= 15 is 8.78 Å². The molecule has 9 heteroatoms. The molecular formula is C27H34F2N2O5. The number of nitrogens with one attached hydrogen (secondary N) is 1. The molecule has 0 aromatic heterocycles. The first-order valence-corrected chi connectivity index (χ1v) is 12.6. The standard InChI is InChI=1S/C27H34F2N2O5/c1-23(2,3)22(35)36-13-21(34)27-14(12-30-31-27)8-16-17-10-19(28)18-9-15(32)6-7-24(18,4)26(17,29)20(33)11-25(16,27)5/h6-7,9,12,14,16-17,19-20,31,33H,8,10-11,13H2,1-5H3/t14-,16-,17-,19-,20-,24-,25-,26-,27-/m0/s1. The number of halogens is 2. The molecule has 196 valence electrons. The Morgan fingerprint density at radius 3 is 2.61 bits per heavy atom. The van der Waals surface area contributed by atoms with Crippen molar-refractivity contribution in [1.82, 2.24) is 5.43 Å². The number of carbonyl (C=O) groups excluding carboxylic acids is 3. The topological polar surface area (TPSA) is 105 Å². The summed E-state index contributed by atoms with van der Waals surface area (Å²) in [7, 11) is 0. The second kappa shape index (κ2) is 7.55. The van der Waals surface area contributed by atoms with Crippen LogP contribution in [0.3, 0.4) is 0 Å². The van der Waals surface area contributed by atoms with Crippen LogP contribution in [-0.2, 0) is 19.1 Å². The summed E-state index contributed by atoms with van der Waals surface area (Å²) in [6.45, 7) is 7.97. The molecule has 0 radical (unpaired) electrons. The van der Waals surface area contributed by atoms with E-state index in [0.29, 0.717) is 6.42 Å². The lowest BCUT2D eigenvalue weighted by Crippen LogP contribution is -2.72. The van der Waals surface area contributed by atoms with Gasteiger partial charge in [-0.2, -0.15) is 5.10 Å². The van der Waals surface area contributed by atoms with Crippen LogP contribution in [0.2, 0.25) is 0 Å². The van der Waals surface area contributed by atoms with Gasteiger partial charge in [-0.3, -0.25) is 19.8 Å². The van der Waals surface area contributed by atoms with Crippen molar-refractivity contribution in [2.24, 2.45) is 39.1 Å². The Bertz CT molecular complexity index is 1130. The Labute approximate surface area is 209 Å². The fraction of sp³-hybridized carbons (Fsp3) is 0.704. The van der Waals surface area contributed by atoms with Gasteiger partial charge in [0.05, 0.1) is 11.5 Å². The number of alkyl halides is 2. The number of nitrogens with zero attached hydrogens (tertiary/aromatic N) is 1. The fourth-order valence-corrected chi connectivity index (χ4v) is 7.98. The van der Waals surface area contributed by atoms with Gasteiger partial charge in [-0.15, -0.1) is 0 Å². The molecule has 1 aliphatic heterocycles. The third kappa shape index (κ3) is 2.92. The highest BCUT2D eigenvalue weighted by Gasteiger charge is 2.78. The first-order chi connectivity index (χ1) is 16.6. The van der Waals surface area contributed by atoms with Gasteiger partial charge in [0, 0.05) is 28.9 Å². The Morgan fingerprint density at radius 2 is 1.94 bits per heavy atom. The second-order valence-corrected chi connectivity index (χ2v) is 12.6. The van der Waals surface area contributed by atoms with Crippen LogP contribution >= 0.6 is 0 Å². The SMILES string of the molecule is CC(C)(C)C(=O)OCC(=O)[C@@]12NN=C[C@@H]1C[C@H]1[C@@H]3C[C@H](F)C4=CC(=O)C=C[C@]4(C)[C@@]3(F)[C@@H](O)C[C@@]12C. The molecule has 9 atom stereocenters. The molecule has 4 aliphatic carbocycles. The van der Waals surface area contributed by atoms with E-state index in [1.807, 2.05) is 6.92 Å². The maximum absolute atomic E-state index is 17.3. The van der Waals surface area contributed by atoms with Crippen molar-refractivity contribution < 1.29 is 33.0 Å². The van der Waals surface area contributed by atoms with E-state index in [1.165, 1.54) is 12.2 Å². The fourth-order valence-electron chi connectivity index (χ4n) is 7.98. The Balaban J connectivity index is 1.54. The molecule has 0 aromatic carbocycles. The maximum atomic E-state index is 17.3. The molecular weight excluding hydrogens is 470 g/mol. The van der Waals surface area contributed by atoms with Crippen molar-refractivity contribution in [3.05, 3.63) is 23.8 Å². The number of rotatable bonds is 3. The summed E-state index contributed by atoms with van der Waals surface area (Å²) in [4.78, 5) is 38.1. The molecule has 0 amide bonds. The Morgan fingerprint density at radius 1 is 1.25 bits per heavy atom. The molecule has 5 rings (SSSR count). The van der Waals surface area contributed by atoms with E-state index in [9.17, 15) is 19.5 Å². The summed E-state index contributed by atoms with van der Waals surface area (Å²) in [5.41, 5.74) is -3.74. The highest BCUT2D eigenvalue weighted by molar-refractivity contribution is 6.01. The summed E-state index contributed by atoms with van der Waals surface area (Å²) >= 11 is 0. The van der Waals surface area contributed by atoms with Crippen molar-refractivity contribution in [2.75, 3.05) is 6.61 Å². The van der Waals surface area contributed by atoms with Crippen molar-refractivity contribution in [3.63, 3.8) is 0 Å². The monoisotopic (exact) mass is 504 g/mol. The first kappa shape index (κ1) is 25.2. The number of hydrazone groups is 1. The summed E-state index contributed by atoms with van der Waals surface area (Å²) < 4.78 is 38.2. The number of ether oxygens (including phenoxy) is 1. The molecule has 0 aromatic rings. The summed E-state index contributed by atoms with van der Waals surface area (Å²) in [6, 6.07) is 0. The summed E-state index contributed by atoms with van der Waals surface area (Å²) in [5, 5.41) is 15.6. The highest BCUT2D eigenvalue weighted by atomic mass is 19.1. The van der Waals surface area contributed by atoms with Crippen molar-refractivity contribution in [2.45, 2.75) is 77.4 Å². The maximum Gasteiger partial charge on any atom is 0.311 e. The number of hydrogen-bond acceptors (Lipinski definition) is 7. The molecule has 2 N–H and O–H groups in total. The van der Waals surface area contributed by atoms with E-state index in [2.05, 4.69) is 10.5 Å². The second-order valence-electron chi connectivity index (χ2n) is 12.6. The number of aliphatic hydroxyl groups excluding tert-OH is 1. The normalized spacial score (nSPS) is 46.7. The number of allylic oxidation sites excluding steroid dienone is 4. The van der Waals surface area contributed by atoms with Crippen LogP contribution in [0.15, 0.2) is 28.9 Å². The third-order valence-electron chi connectivity index (χ3n) is 9.87. The number of aliphatic hydroxyl groups is 1. The predicted octanol–water partition coefficient (Wildman–Crippen LogP) is 3.02. The van der Waals surface area contributed by atoms with Crippen molar-refractivity contribution in [1.29, 1.82) is 0 Å². The molecule has 0 spiro atoms. The predicted molar refractivity (Wildman–Crippen MR) is 127 cm³/mol. The zero-order valence-electron chi connectivity index (χ0n) is 21.3. The average molecular weight is 505 g/mol. The van der Waals surface area contributed by atoms with Crippen LogP contribution in [0.25, 0.3) is 0 Å². The summed E-state index contributed by atoms with van der Waals surface area (Å²) in [5.74, 6) is -3.09. The molecule has 0 bridgehead atoms. The average Bonchev–Trinajstić information content (AvgIpc) is 3.32. The minimum atomic E-state index is -2.22. The van der Waals surface area contributed by atoms with Gasteiger partial charge in [0.2, 0.25) is 0 Å². The van der Waals surface area contributed by atoms with Crippen molar-refractivity contribution >= 4 is 23.8 Å². The Kier molecular flexibility index (Phi) is 5.30. The number of ketones is 2. The molecule has 7 nitrogen and oxygen atoms in total.